The van der Waals surface area contributed by atoms with Gasteiger partial charge in [0.25, 0.3) is 0 Å². The molecule has 1 aliphatic rings. The minimum absolute atomic E-state index is 0.193. The fraction of sp³-hybridized carbons (Fsp3) is 0.269. The minimum Gasteiger partial charge on any atom is -0.437 e. The molecule has 35 heavy (non-hydrogen) atoms. The second-order valence-corrected chi connectivity index (χ2v) is 8.28. The van der Waals surface area contributed by atoms with E-state index < -0.39 is 0 Å². The number of furan rings is 1. The van der Waals surface area contributed by atoms with Crippen molar-refractivity contribution in [1.29, 1.82) is 0 Å². The Kier molecular flexibility index (Phi) is 7.97. The highest BCUT2D eigenvalue weighted by atomic mass is 127. The number of carbonyl (C=O) groups is 1. The van der Waals surface area contributed by atoms with E-state index in [0.29, 0.717) is 11.5 Å². The molecule has 2 aromatic heterocycles. The first-order valence-corrected chi connectivity index (χ1v) is 13.4. The molecule has 5 rings (SSSR count). The average Bonchev–Trinajstić information content (AvgIpc) is 3.30. The number of carbonyl (C=O) groups excluding carboxylic acids is 1. The van der Waals surface area contributed by atoms with E-state index in [4.69, 9.17) is 10.2 Å². The van der Waals surface area contributed by atoms with Crippen LogP contribution in [0.5, 0.6) is 0 Å². The summed E-state index contributed by atoms with van der Waals surface area (Å²) in [6, 6.07) is 14.0. The number of piperidine rings is 1. The summed E-state index contributed by atoms with van der Waals surface area (Å²) in [7, 11) is 1.69. The lowest BCUT2D eigenvalue weighted by atomic mass is 9.98. The van der Waals surface area contributed by atoms with Gasteiger partial charge in [0, 0.05) is 43.0 Å². The average molecular weight is 587 g/mol. The molecule has 182 valence electrons. The summed E-state index contributed by atoms with van der Waals surface area (Å²) in [6.45, 7) is 1.59. The number of fused-ring (bicyclic) bond motifs is 1. The number of aromatic nitrogens is 2. The van der Waals surface area contributed by atoms with E-state index >= 15 is 0 Å². The third-order valence-electron chi connectivity index (χ3n) is 6.14. The van der Waals surface area contributed by atoms with Crippen molar-refractivity contribution in [3.63, 3.8) is 0 Å². The number of amides is 1. The number of nitrogens with two attached hydrogens (primary N) is 1. The third kappa shape index (κ3) is 5.15. The highest BCUT2D eigenvalue weighted by Crippen LogP contribution is 2.44. The normalized spacial score (nSPS) is 13.9. The van der Waals surface area contributed by atoms with Gasteiger partial charge < -0.3 is 20.0 Å². The van der Waals surface area contributed by atoms with E-state index in [0.717, 1.165) is 65.9 Å². The minimum atomic E-state index is -0.309. The fourth-order valence-corrected chi connectivity index (χ4v) is 4.27. The molecule has 0 aliphatic carbocycles. The van der Waals surface area contributed by atoms with Crippen molar-refractivity contribution >= 4 is 51.6 Å². The third-order valence-corrected chi connectivity index (χ3v) is 6.14. The van der Waals surface area contributed by atoms with Gasteiger partial charge in [-0.2, -0.15) is 0 Å². The number of alkyl halides is 1. The largest absolute Gasteiger partial charge is 0.437 e. The highest BCUT2D eigenvalue weighted by molar-refractivity contribution is 14.1. The van der Waals surface area contributed by atoms with Gasteiger partial charge in [0.1, 0.15) is 23.7 Å². The molecular weight excluding hydrogens is 560 g/mol. The number of hydrogen-bond donors (Lipinski definition) is 1. The van der Waals surface area contributed by atoms with Gasteiger partial charge in [0.2, 0.25) is 12.1 Å². The fourth-order valence-electron chi connectivity index (χ4n) is 4.27. The Labute approximate surface area is 217 Å². The zero-order valence-electron chi connectivity index (χ0n) is 19.6. The Morgan fingerprint density at radius 1 is 1.06 bits per heavy atom. The molecular formula is C26H27FIN5O2. The van der Waals surface area contributed by atoms with Crippen LogP contribution in [-0.4, -0.2) is 47.5 Å². The lowest BCUT2D eigenvalue weighted by molar-refractivity contribution is -0.107. The first-order chi connectivity index (χ1) is 17.0. The van der Waals surface area contributed by atoms with Gasteiger partial charge in [0.05, 0.1) is 5.39 Å². The van der Waals surface area contributed by atoms with Crippen LogP contribution in [0, 0.1) is 5.82 Å². The lowest BCUT2D eigenvalue weighted by Crippen LogP contribution is -2.40. The number of anilines is 2. The van der Waals surface area contributed by atoms with E-state index in [2.05, 4.69) is 37.5 Å². The molecule has 1 amide bonds. The summed E-state index contributed by atoms with van der Waals surface area (Å²) in [6.07, 6.45) is 4.03. The van der Waals surface area contributed by atoms with Crippen LogP contribution in [0.3, 0.4) is 0 Å². The zero-order valence-corrected chi connectivity index (χ0v) is 21.8. The molecule has 0 atom stereocenters. The van der Waals surface area contributed by atoms with Crippen molar-refractivity contribution in [1.82, 2.24) is 9.97 Å². The molecule has 2 N–H and O–H groups in total. The molecule has 0 saturated carbocycles. The zero-order chi connectivity index (χ0) is 24.9. The van der Waals surface area contributed by atoms with Crippen molar-refractivity contribution in [3.05, 3.63) is 60.7 Å². The van der Waals surface area contributed by atoms with Crippen LogP contribution < -0.4 is 15.5 Å². The van der Waals surface area contributed by atoms with Gasteiger partial charge >= 0.3 is 0 Å². The van der Waals surface area contributed by atoms with Crippen LogP contribution in [0.4, 0.5) is 15.9 Å². The maximum Gasteiger partial charge on any atom is 0.232 e. The Morgan fingerprint density at radius 3 is 2.31 bits per heavy atom. The first kappa shape index (κ1) is 25.1. The monoisotopic (exact) mass is 587 g/mol. The van der Waals surface area contributed by atoms with Crippen molar-refractivity contribution in [3.8, 4) is 22.5 Å². The molecule has 1 fully saturated rings. The summed E-state index contributed by atoms with van der Waals surface area (Å²) in [5.41, 5.74) is 9.78. The second kappa shape index (κ2) is 11.1. The van der Waals surface area contributed by atoms with Gasteiger partial charge in [0.15, 0.2) is 0 Å². The standard InChI is InChI=1S/C25H24FN5O2.CH3I/c1-30(15-32)20-8-4-17(5-9-20)23-21(16-2-6-18(26)7-3-16)22-24(28-14-29-25(22)33-23)31-12-10-19(27)11-13-31;1-2/h2-9,14-15,19H,10-13,27H2,1H3;1H3. The maximum absolute atomic E-state index is 13.7. The quantitative estimate of drug-likeness (QED) is 0.195. The number of hydrogen-bond acceptors (Lipinski definition) is 6. The predicted molar refractivity (Wildman–Crippen MR) is 146 cm³/mol. The lowest BCUT2D eigenvalue weighted by Gasteiger charge is -2.31. The topological polar surface area (TPSA) is 88.5 Å². The van der Waals surface area contributed by atoms with Crippen LogP contribution in [0.25, 0.3) is 33.6 Å². The van der Waals surface area contributed by atoms with Crippen LogP contribution in [0.1, 0.15) is 12.8 Å². The van der Waals surface area contributed by atoms with Crippen LogP contribution in [0.2, 0.25) is 0 Å². The van der Waals surface area contributed by atoms with Gasteiger partial charge in [-0.1, -0.05) is 34.7 Å². The highest BCUT2D eigenvalue weighted by Gasteiger charge is 2.26. The first-order valence-electron chi connectivity index (χ1n) is 11.3. The number of halogens is 2. The smallest absolute Gasteiger partial charge is 0.232 e. The molecule has 7 nitrogen and oxygen atoms in total. The van der Waals surface area contributed by atoms with Crippen LogP contribution in [0.15, 0.2) is 59.3 Å². The summed E-state index contributed by atoms with van der Waals surface area (Å²) in [5.74, 6) is 1.10. The Hall–Kier alpha value is -3.05. The number of rotatable bonds is 5. The molecule has 3 heterocycles. The summed E-state index contributed by atoms with van der Waals surface area (Å²) < 4.78 is 20.0. The Bertz CT molecular complexity index is 1290. The van der Waals surface area contributed by atoms with Gasteiger partial charge in [-0.3, -0.25) is 4.79 Å². The molecule has 0 unspecified atom stereocenters. The summed E-state index contributed by atoms with van der Waals surface area (Å²) in [4.78, 5) is 25.8. The van der Waals surface area contributed by atoms with Crippen LogP contribution in [-0.2, 0) is 4.79 Å². The predicted octanol–water partition coefficient (Wildman–Crippen LogP) is 5.27. The SMILES string of the molecule is CI.CN(C=O)c1ccc(-c2oc3ncnc(N4CCC(N)CC4)c3c2-c2ccc(F)cc2)cc1. The van der Waals surface area contributed by atoms with Crippen molar-refractivity contribution in [2.75, 3.05) is 34.9 Å². The van der Waals surface area contributed by atoms with Gasteiger partial charge in [-0.25, -0.2) is 14.4 Å². The molecule has 0 radical (unpaired) electrons. The van der Waals surface area contributed by atoms with Crippen molar-refractivity contribution in [2.45, 2.75) is 18.9 Å². The molecule has 9 heteroatoms. The number of nitrogens with zero attached hydrogens (tertiary/aromatic N) is 4. The molecule has 0 spiro atoms. The number of benzene rings is 2. The molecule has 2 aromatic carbocycles. The molecule has 4 aromatic rings. The van der Waals surface area contributed by atoms with Crippen molar-refractivity contribution < 1.29 is 13.6 Å². The van der Waals surface area contributed by atoms with E-state index in [1.54, 1.807) is 19.2 Å². The second-order valence-electron chi connectivity index (χ2n) is 8.28. The van der Waals surface area contributed by atoms with E-state index in [9.17, 15) is 9.18 Å². The Morgan fingerprint density at radius 2 is 1.69 bits per heavy atom. The van der Waals surface area contributed by atoms with E-state index in [1.807, 2.05) is 29.2 Å². The molecule has 1 aliphatic heterocycles. The van der Waals surface area contributed by atoms with Gasteiger partial charge in [-0.05, 0) is 59.7 Å². The summed E-state index contributed by atoms with van der Waals surface area (Å²) in [5, 5.41) is 0.795. The molecule has 0 bridgehead atoms. The van der Waals surface area contributed by atoms with Gasteiger partial charge in [-0.15, -0.1) is 0 Å². The van der Waals surface area contributed by atoms with E-state index in [-0.39, 0.29) is 11.9 Å². The maximum atomic E-state index is 13.7. The van der Waals surface area contributed by atoms with E-state index in [1.165, 1.54) is 23.4 Å². The summed E-state index contributed by atoms with van der Waals surface area (Å²) >= 11 is 2.15. The van der Waals surface area contributed by atoms with Crippen LogP contribution >= 0.6 is 22.6 Å². The van der Waals surface area contributed by atoms with Crippen molar-refractivity contribution in [2.24, 2.45) is 5.73 Å². The Balaban J connectivity index is 0.00000141. The molecule has 1 saturated heterocycles.